The standard InChI is InChI=1S/C63H42N2/c1-4-19-44(20-5-1)56-41-46-22-12-13-27-53(46)62-61(56)57-42-52(38-39-60(57)65(62)51-35-32-43-18-10-11-21-45(43)40-51)64(49-25-8-3-9-26-49)50-36-33-48(34-37-50)63(47-23-6-2-7-24-47)58-30-16-14-28-54(58)55-29-15-17-31-59(55)63/h1-42H. The number of aromatic nitrogens is 1. The van der Waals surface area contributed by atoms with Crippen LogP contribution in [0.4, 0.5) is 17.1 Å². The number of anilines is 3. The van der Waals surface area contributed by atoms with Crippen molar-refractivity contribution in [3.63, 3.8) is 0 Å². The predicted octanol–water partition coefficient (Wildman–Crippen LogP) is 16.6. The van der Waals surface area contributed by atoms with E-state index in [1.165, 1.54) is 87.9 Å². The molecule has 0 fully saturated rings. The van der Waals surface area contributed by atoms with Crippen LogP contribution in [-0.2, 0) is 5.41 Å². The highest BCUT2D eigenvalue weighted by Gasteiger charge is 2.45. The van der Waals surface area contributed by atoms with Gasteiger partial charge in [0, 0.05) is 38.9 Å². The van der Waals surface area contributed by atoms with E-state index in [9.17, 15) is 0 Å². The molecule has 11 aromatic carbocycles. The Kier molecular flexibility index (Phi) is 8.47. The van der Waals surface area contributed by atoms with E-state index in [2.05, 4.69) is 264 Å². The molecule has 0 unspecified atom stereocenters. The maximum Gasteiger partial charge on any atom is 0.0713 e. The number of fused-ring (bicyclic) bond motifs is 9. The third-order valence-electron chi connectivity index (χ3n) is 13.8. The number of para-hydroxylation sites is 1. The van der Waals surface area contributed by atoms with Crippen molar-refractivity contribution in [1.82, 2.24) is 4.57 Å². The average Bonchev–Trinajstić information content (AvgIpc) is 3.88. The molecule has 0 spiro atoms. The SMILES string of the molecule is c1ccc(-c2cc3ccccc3c3c2c2cc(N(c4ccccc4)c4ccc(C5(c6ccccc6)c6ccccc6-c6ccccc65)cc4)ccc2n3-c2ccc3ccccc3c2)cc1. The van der Waals surface area contributed by atoms with E-state index in [0.29, 0.717) is 0 Å². The molecular formula is C63H42N2. The Morgan fingerprint density at radius 2 is 0.892 bits per heavy atom. The molecule has 0 radical (unpaired) electrons. The van der Waals surface area contributed by atoms with Gasteiger partial charge in [-0.2, -0.15) is 0 Å². The first-order valence-corrected chi connectivity index (χ1v) is 22.5. The normalized spacial score (nSPS) is 12.7. The van der Waals surface area contributed by atoms with Gasteiger partial charge in [-0.15, -0.1) is 0 Å². The molecule has 0 bridgehead atoms. The molecule has 1 aliphatic rings. The van der Waals surface area contributed by atoms with Gasteiger partial charge in [0.1, 0.15) is 0 Å². The van der Waals surface area contributed by atoms with Crippen LogP contribution in [-0.4, -0.2) is 4.57 Å². The highest BCUT2D eigenvalue weighted by Crippen LogP contribution is 2.56. The van der Waals surface area contributed by atoms with Gasteiger partial charge in [0.15, 0.2) is 0 Å². The molecule has 304 valence electrons. The fourth-order valence-corrected chi connectivity index (χ4v) is 11.0. The number of hydrogen-bond acceptors (Lipinski definition) is 1. The zero-order valence-corrected chi connectivity index (χ0v) is 35.6. The van der Waals surface area contributed by atoms with Crippen molar-refractivity contribution in [3.05, 3.63) is 277 Å². The predicted molar refractivity (Wildman–Crippen MR) is 273 cm³/mol. The molecule has 0 saturated heterocycles. The molecule has 1 heterocycles. The first-order valence-electron chi connectivity index (χ1n) is 22.5. The van der Waals surface area contributed by atoms with Crippen molar-refractivity contribution in [2.45, 2.75) is 5.41 Å². The molecule has 65 heavy (non-hydrogen) atoms. The molecule has 2 heteroatoms. The number of hydrogen-bond donors (Lipinski definition) is 0. The lowest BCUT2D eigenvalue weighted by Crippen LogP contribution is -2.28. The summed E-state index contributed by atoms with van der Waals surface area (Å²) >= 11 is 0. The summed E-state index contributed by atoms with van der Waals surface area (Å²) < 4.78 is 2.50. The van der Waals surface area contributed by atoms with Crippen LogP contribution in [0, 0.1) is 0 Å². The molecule has 1 aliphatic carbocycles. The lowest BCUT2D eigenvalue weighted by atomic mass is 9.68. The molecule has 12 aromatic rings. The number of rotatable bonds is 7. The molecule has 0 N–H and O–H groups in total. The summed E-state index contributed by atoms with van der Waals surface area (Å²) in [4.78, 5) is 2.41. The Hall–Kier alpha value is -8.46. The monoisotopic (exact) mass is 826 g/mol. The van der Waals surface area contributed by atoms with Crippen LogP contribution >= 0.6 is 0 Å². The molecule has 1 aromatic heterocycles. The second kappa shape index (κ2) is 14.8. The lowest BCUT2D eigenvalue weighted by Gasteiger charge is -2.34. The molecule has 0 saturated carbocycles. The zero-order valence-electron chi connectivity index (χ0n) is 35.6. The highest BCUT2D eigenvalue weighted by atomic mass is 15.1. The Bertz CT molecular complexity index is 3710. The smallest absolute Gasteiger partial charge is 0.0713 e. The van der Waals surface area contributed by atoms with Crippen LogP contribution in [0.1, 0.15) is 22.3 Å². The van der Waals surface area contributed by atoms with Crippen LogP contribution in [0.15, 0.2) is 255 Å². The van der Waals surface area contributed by atoms with E-state index < -0.39 is 5.41 Å². The second-order valence-electron chi connectivity index (χ2n) is 17.2. The van der Waals surface area contributed by atoms with Crippen molar-refractivity contribution in [3.8, 4) is 27.9 Å². The van der Waals surface area contributed by atoms with Gasteiger partial charge in [-0.25, -0.2) is 0 Å². The van der Waals surface area contributed by atoms with Crippen LogP contribution in [0.2, 0.25) is 0 Å². The van der Waals surface area contributed by atoms with Crippen molar-refractivity contribution in [2.24, 2.45) is 0 Å². The van der Waals surface area contributed by atoms with Gasteiger partial charge in [-0.05, 0) is 121 Å². The first kappa shape index (κ1) is 37.1. The van der Waals surface area contributed by atoms with Crippen LogP contribution in [0.25, 0.3) is 71.3 Å². The maximum absolute atomic E-state index is 2.50. The molecular weight excluding hydrogens is 785 g/mol. The van der Waals surface area contributed by atoms with Crippen molar-refractivity contribution < 1.29 is 0 Å². The number of nitrogens with zero attached hydrogens (tertiary/aromatic N) is 2. The summed E-state index contributed by atoms with van der Waals surface area (Å²) in [5.74, 6) is 0. The summed E-state index contributed by atoms with van der Waals surface area (Å²) in [5, 5.41) is 7.34. The van der Waals surface area contributed by atoms with Gasteiger partial charge in [0.25, 0.3) is 0 Å². The van der Waals surface area contributed by atoms with E-state index >= 15 is 0 Å². The van der Waals surface area contributed by atoms with Crippen molar-refractivity contribution in [2.75, 3.05) is 4.90 Å². The summed E-state index contributed by atoms with van der Waals surface area (Å²) in [5.41, 5.74) is 16.5. The number of benzene rings is 11. The summed E-state index contributed by atoms with van der Waals surface area (Å²) in [6.45, 7) is 0. The third-order valence-corrected chi connectivity index (χ3v) is 13.8. The topological polar surface area (TPSA) is 8.17 Å². The largest absolute Gasteiger partial charge is 0.310 e. The Balaban J connectivity index is 1.06. The van der Waals surface area contributed by atoms with Gasteiger partial charge in [-0.1, -0.05) is 194 Å². The molecule has 13 rings (SSSR count). The molecule has 0 amide bonds. The molecule has 0 aliphatic heterocycles. The van der Waals surface area contributed by atoms with E-state index in [-0.39, 0.29) is 0 Å². The minimum atomic E-state index is -0.468. The van der Waals surface area contributed by atoms with Crippen molar-refractivity contribution in [1.29, 1.82) is 0 Å². The fraction of sp³-hybridized carbons (Fsp3) is 0.0159. The first-order chi connectivity index (χ1) is 32.3. The summed E-state index contributed by atoms with van der Waals surface area (Å²) in [7, 11) is 0. The molecule has 2 nitrogen and oxygen atoms in total. The van der Waals surface area contributed by atoms with Gasteiger partial charge >= 0.3 is 0 Å². The third kappa shape index (κ3) is 5.67. The Labute approximate surface area is 378 Å². The van der Waals surface area contributed by atoms with E-state index in [0.717, 1.165) is 22.7 Å². The van der Waals surface area contributed by atoms with Gasteiger partial charge < -0.3 is 9.47 Å². The fourth-order valence-electron chi connectivity index (χ4n) is 11.0. The van der Waals surface area contributed by atoms with Crippen LogP contribution < -0.4 is 4.90 Å². The second-order valence-corrected chi connectivity index (χ2v) is 17.2. The van der Waals surface area contributed by atoms with Gasteiger partial charge in [0.2, 0.25) is 0 Å². The Morgan fingerprint density at radius 3 is 1.62 bits per heavy atom. The zero-order chi connectivity index (χ0) is 42.9. The van der Waals surface area contributed by atoms with Gasteiger partial charge in [-0.3, -0.25) is 0 Å². The van der Waals surface area contributed by atoms with E-state index in [1.54, 1.807) is 0 Å². The summed E-state index contributed by atoms with van der Waals surface area (Å²) in [6, 6.07) is 93.9. The summed E-state index contributed by atoms with van der Waals surface area (Å²) in [6.07, 6.45) is 0. The quantitative estimate of drug-likeness (QED) is 0.155. The average molecular weight is 827 g/mol. The van der Waals surface area contributed by atoms with E-state index in [1.807, 2.05) is 0 Å². The van der Waals surface area contributed by atoms with Crippen LogP contribution in [0.5, 0.6) is 0 Å². The minimum Gasteiger partial charge on any atom is -0.310 e. The highest BCUT2D eigenvalue weighted by molar-refractivity contribution is 6.24. The maximum atomic E-state index is 2.50. The van der Waals surface area contributed by atoms with Crippen molar-refractivity contribution >= 4 is 60.4 Å². The molecule has 0 atom stereocenters. The van der Waals surface area contributed by atoms with Crippen LogP contribution in [0.3, 0.4) is 0 Å². The van der Waals surface area contributed by atoms with E-state index in [4.69, 9.17) is 0 Å². The van der Waals surface area contributed by atoms with Gasteiger partial charge in [0.05, 0.1) is 16.4 Å². The Morgan fingerprint density at radius 1 is 0.338 bits per heavy atom. The lowest BCUT2D eigenvalue weighted by molar-refractivity contribution is 0.768. The minimum absolute atomic E-state index is 0.468.